The topological polar surface area (TPSA) is 52.6 Å². The molecule has 9 heteroatoms. The van der Waals surface area contributed by atoms with E-state index in [2.05, 4.69) is 18.6 Å². The van der Waals surface area contributed by atoms with Crippen LogP contribution in [0.15, 0.2) is 0 Å². The lowest BCUT2D eigenvalue weighted by molar-refractivity contribution is -0.295. The van der Waals surface area contributed by atoms with E-state index in [9.17, 15) is 31.5 Å². The third-order valence-electron chi connectivity index (χ3n) is 7.68. The van der Waals surface area contributed by atoms with Crippen LogP contribution in [0.3, 0.4) is 0 Å². The minimum atomic E-state index is -5.82. The van der Waals surface area contributed by atoms with Gasteiger partial charge in [-0.15, -0.1) is 0 Å². The molecule has 0 aliphatic heterocycles. The zero-order valence-electron chi connectivity index (χ0n) is 21.5. The number of hydrogen-bond donors (Lipinski definition) is 0. The maximum atomic E-state index is 13.6. The van der Waals surface area contributed by atoms with Gasteiger partial charge in [0.15, 0.2) is 6.61 Å². The molecule has 1 rings (SSSR count). The monoisotopic (exact) mass is 500 g/mol. The average molecular weight is 501 g/mol. The van der Waals surface area contributed by atoms with E-state index in [-0.39, 0.29) is 17.8 Å². The number of hydrogen-bond acceptors (Lipinski definition) is 4. The van der Waals surface area contributed by atoms with Gasteiger partial charge >= 0.3 is 24.0 Å². The number of esters is 2. The fourth-order valence-corrected chi connectivity index (χ4v) is 4.70. The molecule has 34 heavy (non-hydrogen) atoms. The average Bonchev–Trinajstić information content (AvgIpc) is 2.72. The molecule has 0 heterocycles. The standard InChI is InChI=1S/C25H41F5O4/c1-8-18(19(31)33-16-24(26,27)25(28,29)30)23(13-11-10-12-14-23)34-20(32)22(7,17(3)4)15-21(5,6)9-2/h17-18H,8-16H2,1-7H3. The highest BCUT2D eigenvalue weighted by Gasteiger charge is 2.59. The first-order valence-corrected chi connectivity index (χ1v) is 12.2. The number of halogens is 5. The van der Waals surface area contributed by atoms with Gasteiger partial charge in [-0.05, 0) is 56.8 Å². The first-order chi connectivity index (χ1) is 15.4. The fourth-order valence-electron chi connectivity index (χ4n) is 4.70. The highest BCUT2D eigenvalue weighted by molar-refractivity contribution is 5.79. The SMILES string of the molecule is CCC(C(=O)OCC(F)(F)C(F)(F)F)C1(OC(=O)C(C)(CC(C)(C)CC)C(C)C)CCCCC1. The van der Waals surface area contributed by atoms with Gasteiger partial charge in [0.25, 0.3) is 0 Å². The van der Waals surface area contributed by atoms with Crippen LogP contribution in [0.2, 0.25) is 0 Å². The molecule has 0 amide bonds. The van der Waals surface area contributed by atoms with Crippen LogP contribution < -0.4 is 0 Å². The summed E-state index contributed by atoms with van der Waals surface area (Å²) in [6.45, 7) is 11.3. The molecule has 0 aromatic rings. The fraction of sp³-hybridized carbons (Fsp3) is 0.920. The van der Waals surface area contributed by atoms with Gasteiger partial charge in [-0.25, -0.2) is 0 Å². The number of alkyl halides is 5. The summed E-state index contributed by atoms with van der Waals surface area (Å²) in [7, 11) is 0. The van der Waals surface area contributed by atoms with Crippen molar-refractivity contribution >= 4 is 11.9 Å². The van der Waals surface area contributed by atoms with Crippen molar-refractivity contribution in [3.05, 3.63) is 0 Å². The summed E-state index contributed by atoms with van der Waals surface area (Å²) >= 11 is 0. The molecule has 200 valence electrons. The Morgan fingerprint density at radius 1 is 0.941 bits per heavy atom. The van der Waals surface area contributed by atoms with Crippen LogP contribution in [0.1, 0.15) is 99.8 Å². The lowest BCUT2D eigenvalue weighted by atomic mass is 9.66. The van der Waals surface area contributed by atoms with Crippen molar-refractivity contribution in [1.29, 1.82) is 0 Å². The van der Waals surface area contributed by atoms with E-state index in [1.807, 2.05) is 27.7 Å². The minimum absolute atomic E-state index is 0.0797. The van der Waals surface area contributed by atoms with E-state index < -0.39 is 47.6 Å². The van der Waals surface area contributed by atoms with Crippen molar-refractivity contribution in [2.45, 2.75) is 118 Å². The van der Waals surface area contributed by atoms with E-state index in [0.717, 1.165) is 12.8 Å². The van der Waals surface area contributed by atoms with E-state index in [1.165, 1.54) is 0 Å². The van der Waals surface area contributed by atoms with Gasteiger partial charge in [-0.2, -0.15) is 22.0 Å². The summed E-state index contributed by atoms with van der Waals surface area (Å²) in [5, 5.41) is 0. The summed E-state index contributed by atoms with van der Waals surface area (Å²) in [6.07, 6.45) is -1.56. The van der Waals surface area contributed by atoms with Crippen LogP contribution in [0.25, 0.3) is 0 Å². The summed E-state index contributed by atoms with van der Waals surface area (Å²) in [5.41, 5.74) is -2.30. The lowest BCUT2D eigenvalue weighted by Crippen LogP contribution is -2.52. The molecule has 1 aliphatic rings. The largest absolute Gasteiger partial charge is 0.459 e. The molecule has 1 fully saturated rings. The van der Waals surface area contributed by atoms with Crippen molar-refractivity contribution in [3.63, 3.8) is 0 Å². The number of rotatable bonds is 11. The van der Waals surface area contributed by atoms with Gasteiger partial charge in [-0.1, -0.05) is 54.4 Å². The second kappa shape index (κ2) is 11.1. The highest BCUT2D eigenvalue weighted by Crippen LogP contribution is 2.47. The summed E-state index contributed by atoms with van der Waals surface area (Å²) in [5.74, 6) is -8.03. The van der Waals surface area contributed by atoms with Gasteiger partial charge in [0.05, 0.1) is 11.3 Å². The number of carbonyl (C=O) groups excluding carboxylic acids is 2. The quantitative estimate of drug-likeness (QED) is 0.218. The molecule has 4 nitrogen and oxygen atoms in total. The predicted molar refractivity (Wildman–Crippen MR) is 119 cm³/mol. The second-order valence-electron chi connectivity index (χ2n) is 11.1. The summed E-state index contributed by atoms with van der Waals surface area (Å²) in [4.78, 5) is 26.4. The summed E-state index contributed by atoms with van der Waals surface area (Å²) < 4.78 is 74.9. The van der Waals surface area contributed by atoms with E-state index in [0.29, 0.717) is 32.1 Å². The van der Waals surface area contributed by atoms with Crippen LogP contribution in [0.4, 0.5) is 22.0 Å². The van der Waals surface area contributed by atoms with Gasteiger partial charge in [0.1, 0.15) is 5.60 Å². The van der Waals surface area contributed by atoms with Crippen molar-refractivity contribution in [3.8, 4) is 0 Å². The molecule has 0 radical (unpaired) electrons. The van der Waals surface area contributed by atoms with E-state index >= 15 is 0 Å². The van der Waals surface area contributed by atoms with Crippen LogP contribution in [-0.2, 0) is 19.1 Å². The molecule has 1 saturated carbocycles. The molecule has 0 saturated heterocycles. The Morgan fingerprint density at radius 3 is 1.88 bits per heavy atom. The predicted octanol–water partition coefficient (Wildman–Crippen LogP) is 7.49. The maximum Gasteiger partial charge on any atom is 0.456 e. The van der Waals surface area contributed by atoms with Crippen LogP contribution in [0.5, 0.6) is 0 Å². The third-order valence-corrected chi connectivity index (χ3v) is 7.68. The van der Waals surface area contributed by atoms with Gasteiger partial charge in [0, 0.05) is 0 Å². The molecule has 0 spiro atoms. The van der Waals surface area contributed by atoms with Crippen LogP contribution >= 0.6 is 0 Å². The molecule has 0 bridgehead atoms. The first kappa shape index (κ1) is 30.6. The Hall–Kier alpha value is -1.41. The molecule has 0 N–H and O–H groups in total. The third kappa shape index (κ3) is 7.06. The molecule has 0 aromatic carbocycles. The van der Waals surface area contributed by atoms with Gasteiger partial charge in [-0.3, -0.25) is 9.59 Å². The van der Waals surface area contributed by atoms with Gasteiger partial charge in [0.2, 0.25) is 0 Å². The number of ether oxygens (including phenoxy) is 2. The zero-order valence-corrected chi connectivity index (χ0v) is 21.5. The Labute approximate surface area is 200 Å². The highest BCUT2D eigenvalue weighted by atomic mass is 19.4. The van der Waals surface area contributed by atoms with Crippen LogP contribution in [0, 0.1) is 22.7 Å². The maximum absolute atomic E-state index is 13.6. The Balaban J connectivity index is 3.23. The van der Waals surface area contributed by atoms with E-state index in [1.54, 1.807) is 6.92 Å². The van der Waals surface area contributed by atoms with Crippen molar-refractivity contribution in [2.24, 2.45) is 22.7 Å². The lowest BCUT2D eigenvalue weighted by Gasteiger charge is -2.45. The number of carbonyl (C=O) groups is 2. The first-order valence-electron chi connectivity index (χ1n) is 12.2. The van der Waals surface area contributed by atoms with Crippen molar-refractivity contribution < 1.29 is 41.0 Å². The normalized spacial score (nSPS) is 19.9. The van der Waals surface area contributed by atoms with Crippen molar-refractivity contribution in [2.75, 3.05) is 6.61 Å². The minimum Gasteiger partial charge on any atom is -0.459 e. The molecule has 0 aromatic heterocycles. The van der Waals surface area contributed by atoms with Crippen LogP contribution in [-0.4, -0.2) is 36.2 Å². The zero-order chi connectivity index (χ0) is 26.6. The molecular formula is C25H41F5O4. The summed E-state index contributed by atoms with van der Waals surface area (Å²) in [6, 6.07) is 0. The smallest absolute Gasteiger partial charge is 0.456 e. The van der Waals surface area contributed by atoms with E-state index in [4.69, 9.17) is 4.74 Å². The molecule has 2 unspecified atom stereocenters. The molecule has 2 atom stereocenters. The van der Waals surface area contributed by atoms with Crippen molar-refractivity contribution in [1.82, 2.24) is 0 Å². The second-order valence-corrected chi connectivity index (χ2v) is 11.1. The Kier molecular flexibility index (Phi) is 10.0. The molecular weight excluding hydrogens is 459 g/mol. The molecule has 1 aliphatic carbocycles. The Morgan fingerprint density at radius 2 is 1.47 bits per heavy atom. The Bertz CT molecular complexity index is 696. The van der Waals surface area contributed by atoms with Gasteiger partial charge < -0.3 is 9.47 Å².